The van der Waals surface area contributed by atoms with E-state index in [-0.39, 0.29) is 18.1 Å². The smallest absolute Gasteiger partial charge is 0.294 e. The second-order valence-electron chi connectivity index (χ2n) is 2.69. The van der Waals surface area contributed by atoms with Crippen LogP contribution in [0.15, 0.2) is 29.2 Å². The molecule has 0 aliphatic heterocycles. The van der Waals surface area contributed by atoms with Gasteiger partial charge >= 0.3 is 0 Å². The molecule has 5 nitrogen and oxygen atoms in total. The van der Waals surface area contributed by atoms with Gasteiger partial charge in [0, 0.05) is 0 Å². The maximum Gasteiger partial charge on any atom is 0.294 e. The summed E-state index contributed by atoms with van der Waals surface area (Å²) in [4.78, 5) is -0.0278. The van der Waals surface area contributed by atoms with Crippen LogP contribution in [-0.4, -0.2) is 36.4 Å². The summed E-state index contributed by atoms with van der Waals surface area (Å²) >= 11 is 0. The van der Waals surface area contributed by atoms with Crippen molar-refractivity contribution >= 4 is 10.1 Å². The van der Waals surface area contributed by atoms with E-state index in [2.05, 4.69) is 0 Å². The van der Waals surface area contributed by atoms with Gasteiger partial charge in [0.25, 0.3) is 10.1 Å². The van der Waals surface area contributed by atoms with Gasteiger partial charge in [-0.05, 0) is 18.6 Å². The van der Waals surface area contributed by atoms with E-state index in [1.54, 1.807) is 25.1 Å². The molecular formula is C9H14O5S. The monoisotopic (exact) mass is 234 g/mol. The Kier molecular flexibility index (Phi) is 6.11. The van der Waals surface area contributed by atoms with E-state index >= 15 is 0 Å². The lowest BCUT2D eigenvalue weighted by atomic mass is 10.2. The predicted octanol–water partition coefficient (Wildman–Crippen LogP) is 0.213. The van der Waals surface area contributed by atoms with E-state index in [0.29, 0.717) is 5.56 Å². The maximum atomic E-state index is 10.6. The van der Waals surface area contributed by atoms with Gasteiger partial charge in [-0.25, -0.2) is 0 Å². The lowest BCUT2D eigenvalue weighted by Gasteiger charge is -1.99. The highest BCUT2D eigenvalue weighted by Crippen LogP contribution is 2.12. The van der Waals surface area contributed by atoms with Crippen molar-refractivity contribution in [3.05, 3.63) is 29.8 Å². The molecule has 0 amide bonds. The van der Waals surface area contributed by atoms with Crippen LogP contribution in [-0.2, 0) is 10.1 Å². The first-order chi connectivity index (χ1) is 6.93. The molecule has 3 N–H and O–H groups in total. The highest BCUT2D eigenvalue weighted by molar-refractivity contribution is 7.85. The molecule has 0 saturated heterocycles. The van der Waals surface area contributed by atoms with Crippen LogP contribution < -0.4 is 0 Å². The Morgan fingerprint density at radius 3 is 1.87 bits per heavy atom. The van der Waals surface area contributed by atoms with Crippen molar-refractivity contribution in [3.63, 3.8) is 0 Å². The molecule has 86 valence electrons. The van der Waals surface area contributed by atoms with Crippen LogP contribution in [0.25, 0.3) is 0 Å². The molecule has 0 spiro atoms. The Labute approximate surface area is 88.7 Å². The normalized spacial score (nSPS) is 10.4. The second-order valence-corrected chi connectivity index (χ2v) is 4.08. The lowest BCUT2D eigenvalue weighted by Crippen LogP contribution is -1.99. The van der Waals surface area contributed by atoms with E-state index < -0.39 is 10.1 Å². The van der Waals surface area contributed by atoms with Crippen molar-refractivity contribution in [3.8, 4) is 0 Å². The fourth-order valence-corrected chi connectivity index (χ4v) is 1.57. The van der Waals surface area contributed by atoms with Gasteiger partial charge < -0.3 is 10.2 Å². The third-order valence-electron chi connectivity index (χ3n) is 1.47. The number of aliphatic hydroxyl groups excluding tert-OH is 2. The van der Waals surface area contributed by atoms with Gasteiger partial charge in [0.2, 0.25) is 0 Å². The second kappa shape index (κ2) is 6.52. The summed E-state index contributed by atoms with van der Waals surface area (Å²) in [6, 6.07) is 6.27. The van der Waals surface area contributed by atoms with Gasteiger partial charge in [-0.3, -0.25) is 4.55 Å². The maximum absolute atomic E-state index is 10.6. The molecule has 15 heavy (non-hydrogen) atoms. The molecule has 1 aromatic carbocycles. The molecule has 0 heterocycles. The van der Waals surface area contributed by atoms with Crippen molar-refractivity contribution in [1.29, 1.82) is 0 Å². The molecule has 1 rings (SSSR count). The van der Waals surface area contributed by atoms with Crippen molar-refractivity contribution in [2.24, 2.45) is 0 Å². The largest absolute Gasteiger partial charge is 0.394 e. The van der Waals surface area contributed by atoms with E-state index in [0.717, 1.165) is 0 Å². The third kappa shape index (κ3) is 5.48. The zero-order valence-electron chi connectivity index (χ0n) is 8.29. The summed E-state index contributed by atoms with van der Waals surface area (Å²) < 4.78 is 29.9. The standard InChI is InChI=1S/C7H8O3S.C2H6O2/c1-6-4-2-3-5-7(6)11(8,9)10;3-1-2-4/h2-5H,1H3,(H,8,9,10);3-4H,1-2H2. The number of hydrogen-bond acceptors (Lipinski definition) is 4. The summed E-state index contributed by atoms with van der Waals surface area (Å²) in [6.07, 6.45) is 0. The van der Waals surface area contributed by atoms with Gasteiger partial charge in [-0.15, -0.1) is 0 Å². The Morgan fingerprint density at radius 2 is 1.60 bits per heavy atom. The number of aliphatic hydroxyl groups is 2. The molecule has 0 aliphatic carbocycles. The first-order valence-electron chi connectivity index (χ1n) is 4.18. The number of rotatable bonds is 2. The Balaban J connectivity index is 0.000000423. The SMILES string of the molecule is Cc1ccccc1S(=O)(=O)O.OCCO. The van der Waals surface area contributed by atoms with Gasteiger partial charge in [-0.2, -0.15) is 8.42 Å². The zero-order valence-corrected chi connectivity index (χ0v) is 9.11. The van der Waals surface area contributed by atoms with Crippen molar-refractivity contribution in [1.82, 2.24) is 0 Å². The minimum Gasteiger partial charge on any atom is -0.394 e. The van der Waals surface area contributed by atoms with Crippen LogP contribution >= 0.6 is 0 Å². The van der Waals surface area contributed by atoms with Crippen LogP contribution in [0.5, 0.6) is 0 Å². The van der Waals surface area contributed by atoms with Crippen LogP contribution in [0.2, 0.25) is 0 Å². The first kappa shape index (κ1) is 14.1. The van der Waals surface area contributed by atoms with E-state index in [1.165, 1.54) is 6.07 Å². The molecule has 0 atom stereocenters. The van der Waals surface area contributed by atoms with Crippen LogP contribution in [0, 0.1) is 6.92 Å². The lowest BCUT2D eigenvalue weighted by molar-refractivity contribution is 0.186. The fourth-order valence-electron chi connectivity index (χ4n) is 0.846. The summed E-state index contributed by atoms with van der Waals surface area (Å²) in [5.74, 6) is 0. The highest BCUT2D eigenvalue weighted by Gasteiger charge is 2.10. The van der Waals surface area contributed by atoms with Crippen LogP contribution in [0.1, 0.15) is 5.56 Å². The molecule has 0 fully saturated rings. The molecule has 6 heteroatoms. The predicted molar refractivity (Wildman–Crippen MR) is 55.2 cm³/mol. The highest BCUT2D eigenvalue weighted by atomic mass is 32.2. The van der Waals surface area contributed by atoms with E-state index in [9.17, 15) is 8.42 Å². The van der Waals surface area contributed by atoms with Gasteiger partial charge in [0.05, 0.1) is 18.1 Å². The van der Waals surface area contributed by atoms with Gasteiger partial charge in [-0.1, -0.05) is 18.2 Å². The summed E-state index contributed by atoms with van der Waals surface area (Å²) in [5, 5.41) is 15.2. The minimum atomic E-state index is -4.03. The Hall–Kier alpha value is -0.950. The van der Waals surface area contributed by atoms with E-state index in [4.69, 9.17) is 14.8 Å². The Bertz CT molecular complexity index is 383. The molecule has 0 unspecified atom stereocenters. The molecular weight excluding hydrogens is 220 g/mol. The minimum absolute atomic E-state index is 0.0278. The van der Waals surface area contributed by atoms with Crippen molar-refractivity contribution < 1.29 is 23.2 Å². The summed E-state index contributed by atoms with van der Waals surface area (Å²) in [7, 11) is -4.03. The molecule has 0 aliphatic rings. The average Bonchev–Trinajstić information content (AvgIpc) is 2.17. The average molecular weight is 234 g/mol. The third-order valence-corrected chi connectivity index (χ3v) is 2.49. The van der Waals surface area contributed by atoms with Crippen LogP contribution in [0.4, 0.5) is 0 Å². The van der Waals surface area contributed by atoms with Crippen molar-refractivity contribution in [2.45, 2.75) is 11.8 Å². The number of aryl methyl sites for hydroxylation is 1. The van der Waals surface area contributed by atoms with E-state index in [1.807, 2.05) is 0 Å². The quantitative estimate of drug-likeness (QED) is 0.636. The summed E-state index contributed by atoms with van der Waals surface area (Å²) in [5.41, 5.74) is 0.551. The molecule has 0 radical (unpaired) electrons. The first-order valence-corrected chi connectivity index (χ1v) is 5.62. The number of hydrogen-bond donors (Lipinski definition) is 3. The summed E-state index contributed by atoms with van der Waals surface area (Å²) in [6.45, 7) is 1.38. The van der Waals surface area contributed by atoms with Gasteiger partial charge in [0.15, 0.2) is 0 Å². The Morgan fingerprint density at radius 1 is 1.13 bits per heavy atom. The molecule has 1 aromatic rings. The van der Waals surface area contributed by atoms with Crippen molar-refractivity contribution in [2.75, 3.05) is 13.2 Å². The number of benzene rings is 1. The van der Waals surface area contributed by atoms with Gasteiger partial charge in [0.1, 0.15) is 0 Å². The van der Waals surface area contributed by atoms with Crippen LogP contribution in [0.3, 0.4) is 0 Å². The molecule has 0 bridgehead atoms. The fraction of sp³-hybridized carbons (Fsp3) is 0.333. The molecule has 0 saturated carbocycles. The topological polar surface area (TPSA) is 94.8 Å². The molecule has 0 aromatic heterocycles. The zero-order chi connectivity index (χ0) is 11.9.